The molecule has 1 atom stereocenters. The molecule has 1 fully saturated rings. The first-order valence-electron chi connectivity index (χ1n) is 6.97. The topological polar surface area (TPSA) is 35.5 Å². The van der Waals surface area contributed by atoms with Crippen LogP contribution >= 0.6 is 12.4 Å². The summed E-state index contributed by atoms with van der Waals surface area (Å²) in [6.07, 6.45) is -4.90. The van der Waals surface area contributed by atoms with Crippen molar-refractivity contribution in [2.24, 2.45) is 0 Å². The molecule has 0 bridgehead atoms. The van der Waals surface area contributed by atoms with Gasteiger partial charge >= 0.3 is 6.18 Å². The van der Waals surface area contributed by atoms with Gasteiger partial charge in [0.1, 0.15) is 18.5 Å². The second-order valence-electron chi connectivity index (χ2n) is 5.34. The molecule has 1 aliphatic heterocycles. The fourth-order valence-corrected chi connectivity index (χ4v) is 2.74. The summed E-state index contributed by atoms with van der Waals surface area (Å²) in [5.74, 6) is -4.88. The smallest absolute Gasteiger partial charge is 0.390 e. The Kier molecular flexibility index (Phi) is 6.92. The Morgan fingerprint density at radius 1 is 1.12 bits per heavy atom. The average Bonchev–Trinajstić information content (AvgIpc) is 2.47. The molecule has 24 heavy (non-hydrogen) atoms. The van der Waals surface area contributed by atoms with E-state index >= 15 is 0 Å². The van der Waals surface area contributed by atoms with Crippen LogP contribution in [0.4, 0.5) is 26.3 Å². The van der Waals surface area contributed by atoms with Gasteiger partial charge in [-0.2, -0.15) is 13.2 Å². The molecule has 0 amide bonds. The Morgan fingerprint density at radius 2 is 1.71 bits per heavy atom. The number of halogens is 7. The molecular weight excluding hydrogens is 362 g/mol. The number of piperazine rings is 1. The Hall–Kier alpha value is -1.03. The standard InChI is InChI=1S/C14H16F6N2O.ClH/c15-9-1-2-11(14(18,19)20)10(7-9)12(13(16,17)8-23)22-5-3-21-4-6-22;/h1-2,7,12,21,23H,3-6,8H2;1H/t12-;/m1./s1. The molecule has 10 heteroatoms. The summed E-state index contributed by atoms with van der Waals surface area (Å²) in [5, 5.41) is 11.9. The molecule has 1 heterocycles. The number of aliphatic hydroxyl groups excluding tert-OH is 1. The molecule has 0 spiro atoms. The lowest BCUT2D eigenvalue weighted by Crippen LogP contribution is -2.51. The lowest BCUT2D eigenvalue weighted by Gasteiger charge is -2.39. The molecular formula is C14H17ClF6N2O. The van der Waals surface area contributed by atoms with E-state index in [-0.39, 0.29) is 25.5 Å². The number of rotatable bonds is 4. The van der Waals surface area contributed by atoms with Crippen molar-refractivity contribution in [3.63, 3.8) is 0 Å². The molecule has 0 radical (unpaired) electrons. The van der Waals surface area contributed by atoms with Gasteiger partial charge in [0.25, 0.3) is 5.92 Å². The lowest BCUT2D eigenvalue weighted by atomic mass is 9.93. The maximum atomic E-state index is 14.2. The molecule has 1 saturated heterocycles. The minimum atomic E-state index is -4.90. The fourth-order valence-electron chi connectivity index (χ4n) is 2.74. The average molecular weight is 379 g/mol. The Bertz CT molecular complexity index is 549. The van der Waals surface area contributed by atoms with Crippen LogP contribution in [0.2, 0.25) is 0 Å². The van der Waals surface area contributed by atoms with Crippen LogP contribution in [0, 0.1) is 5.82 Å². The summed E-state index contributed by atoms with van der Waals surface area (Å²) in [6, 6.07) is -0.549. The summed E-state index contributed by atoms with van der Waals surface area (Å²) in [5.41, 5.74) is -2.19. The van der Waals surface area contributed by atoms with Gasteiger partial charge in [-0.25, -0.2) is 13.2 Å². The molecule has 0 unspecified atom stereocenters. The van der Waals surface area contributed by atoms with Crippen LogP contribution in [-0.4, -0.2) is 48.7 Å². The fraction of sp³-hybridized carbons (Fsp3) is 0.571. The minimum absolute atomic E-state index is 0. The van der Waals surface area contributed by atoms with Gasteiger partial charge in [0.2, 0.25) is 0 Å². The number of benzene rings is 1. The van der Waals surface area contributed by atoms with E-state index < -0.39 is 41.7 Å². The molecule has 2 N–H and O–H groups in total. The van der Waals surface area contributed by atoms with Crippen molar-refractivity contribution >= 4 is 12.4 Å². The summed E-state index contributed by atoms with van der Waals surface area (Å²) in [6.45, 7) is -0.874. The van der Waals surface area contributed by atoms with Crippen LogP contribution in [-0.2, 0) is 6.18 Å². The van der Waals surface area contributed by atoms with Crippen LogP contribution in [0.5, 0.6) is 0 Å². The van der Waals surface area contributed by atoms with E-state index in [1.807, 2.05) is 0 Å². The Balaban J connectivity index is 0.00000288. The van der Waals surface area contributed by atoms with Gasteiger partial charge in [0.15, 0.2) is 0 Å². The SMILES string of the molecule is Cl.OCC(F)(F)[C@@H](c1cc(F)ccc1C(F)(F)F)N1CCNCC1. The second kappa shape index (κ2) is 7.90. The summed E-state index contributed by atoms with van der Waals surface area (Å²) in [7, 11) is 0. The van der Waals surface area contributed by atoms with Crippen LogP contribution in [0.3, 0.4) is 0 Å². The van der Waals surface area contributed by atoms with Crippen molar-refractivity contribution < 1.29 is 31.4 Å². The van der Waals surface area contributed by atoms with Gasteiger partial charge < -0.3 is 10.4 Å². The van der Waals surface area contributed by atoms with Gasteiger partial charge in [-0.3, -0.25) is 4.90 Å². The first kappa shape index (κ1) is 21.0. The van der Waals surface area contributed by atoms with Gasteiger partial charge in [-0.05, 0) is 23.8 Å². The molecule has 3 nitrogen and oxygen atoms in total. The number of aliphatic hydroxyl groups is 1. The highest BCUT2D eigenvalue weighted by Gasteiger charge is 2.48. The Morgan fingerprint density at radius 3 is 2.21 bits per heavy atom. The summed E-state index contributed by atoms with van der Waals surface area (Å²) in [4.78, 5) is 1.14. The summed E-state index contributed by atoms with van der Waals surface area (Å²) < 4.78 is 81.2. The van der Waals surface area contributed by atoms with Gasteiger partial charge in [0.05, 0.1) is 5.56 Å². The van der Waals surface area contributed by atoms with E-state index in [0.29, 0.717) is 31.3 Å². The number of nitrogens with zero attached hydrogens (tertiary/aromatic N) is 1. The highest BCUT2D eigenvalue weighted by molar-refractivity contribution is 5.85. The van der Waals surface area contributed by atoms with Crippen molar-refractivity contribution in [2.75, 3.05) is 32.8 Å². The zero-order valence-corrected chi connectivity index (χ0v) is 13.2. The van der Waals surface area contributed by atoms with E-state index in [1.165, 1.54) is 0 Å². The highest BCUT2D eigenvalue weighted by atomic mass is 35.5. The van der Waals surface area contributed by atoms with Crippen molar-refractivity contribution in [1.82, 2.24) is 10.2 Å². The largest absolute Gasteiger partial charge is 0.416 e. The summed E-state index contributed by atoms with van der Waals surface area (Å²) >= 11 is 0. The first-order valence-corrected chi connectivity index (χ1v) is 6.97. The molecule has 2 rings (SSSR count). The quantitative estimate of drug-likeness (QED) is 0.791. The van der Waals surface area contributed by atoms with Crippen molar-refractivity contribution in [1.29, 1.82) is 0 Å². The molecule has 1 aliphatic rings. The van der Waals surface area contributed by atoms with Gasteiger partial charge in [0, 0.05) is 26.2 Å². The van der Waals surface area contributed by atoms with Crippen LogP contribution in [0.25, 0.3) is 0 Å². The number of hydrogen-bond donors (Lipinski definition) is 2. The number of hydrogen-bond acceptors (Lipinski definition) is 3. The third-order valence-electron chi connectivity index (χ3n) is 3.74. The molecule has 138 valence electrons. The van der Waals surface area contributed by atoms with Crippen LogP contribution < -0.4 is 5.32 Å². The highest BCUT2D eigenvalue weighted by Crippen LogP contribution is 2.43. The van der Waals surface area contributed by atoms with E-state index in [2.05, 4.69) is 5.32 Å². The minimum Gasteiger partial charge on any atom is -0.390 e. The zero-order chi connectivity index (χ0) is 17.3. The number of alkyl halides is 5. The monoisotopic (exact) mass is 378 g/mol. The third kappa shape index (κ3) is 4.53. The van der Waals surface area contributed by atoms with Crippen molar-refractivity contribution in [2.45, 2.75) is 18.1 Å². The second-order valence-corrected chi connectivity index (χ2v) is 5.34. The molecule has 0 aromatic heterocycles. The van der Waals surface area contributed by atoms with Gasteiger partial charge in [-0.15, -0.1) is 12.4 Å². The predicted octanol–water partition coefficient (Wildman–Crippen LogP) is 2.84. The lowest BCUT2D eigenvalue weighted by molar-refractivity contribution is -0.145. The van der Waals surface area contributed by atoms with Crippen LogP contribution in [0.1, 0.15) is 17.2 Å². The van der Waals surface area contributed by atoms with Crippen molar-refractivity contribution in [3.8, 4) is 0 Å². The van der Waals surface area contributed by atoms with E-state index in [0.717, 1.165) is 4.90 Å². The first-order chi connectivity index (χ1) is 10.7. The number of nitrogens with one attached hydrogen (secondary N) is 1. The van der Waals surface area contributed by atoms with E-state index in [9.17, 15) is 26.3 Å². The third-order valence-corrected chi connectivity index (χ3v) is 3.74. The molecule has 0 saturated carbocycles. The Labute approximate surface area is 141 Å². The van der Waals surface area contributed by atoms with E-state index in [1.54, 1.807) is 0 Å². The molecule has 1 aromatic rings. The molecule has 1 aromatic carbocycles. The zero-order valence-electron chi connectivity index (χ0n) is 12.4. The predicted molar refractivity (Wildman–Crippen MR) is 77.9 cm³/mol. The van der Waals surface area contributed by atoms with Crippen molar-refractivity contribution in [3.05, 3.63) is 35.1 Å². The normalized spacial score (nSPS) is 18.1. The maximum Gasteiger partial charge on any atom is 0.416 e. The van der Waals surface area contributed by atoms with Gasteiger partial charge in [-0.1, -0.05) is 0 Å². The van der Waals surface area contributed by atoms with E-state index in [4.69, 9.17) is 5.11 Å². The molecule has 0 aliphatic carbocycles. The van der Waals surface area contributed by atoms with Crippen LogP contribution in [0.15, 0.2) is 18.2 Å². The maximum absolute atomic E-state index is 14.2.